The number of halogens is 15. The van der Waals surface area contributed by atoms with Crippen molar-refractivity contribution in [3.05, 3.63) is 0 Å². The lowest BCUT2D eigenvalue weighted by Gasteiger charge is -2.41. The Bertz CT molecular complexity index is 630. The maximum absolute atomic E-state index is 13.8. The Morgan fingerprint density at radius 2 is 0.906 bits per heavy atom. The third-order valence-corrected chi connectivity index (χ3v) is 7.01. The molecule has 18 heteroatoms. The summed E-state index contributed by atoms with van der Waals surface area (Å²) in [4.78, 5) is 0. The van der Waals surface area contributed by atoms with E-state index in [1.807, 2.05) is 0 Å². The van der Waals surface area contributed by atoms with Crippen LogP contribution in [0, 0.1) is 0 Å². The minimum absolute atomic E-state index is 0.199. The van der Waals surface area contributed by atoms with Gasteiger partial charge in [0, 0.05) is 6.42 Å². The molecule has 0 aromatic rings. The predicted molar refractivity (Wildman–Crippen MR) is 83.6 cm³/mol. The molecule has 0 aliphatic heterocycles. The first-order chi connectivity index (χ1) is 13.8. The molecule has 0 saturated carbocycles. The summed E-state index contributed by atoms with van der Waals surface area (Å²) in [5.41, 5.74) is 0. The number of hydrogen-bond donors (Lipinski definition) is 2. The van der Waals surface area contributed by atoms with E-state index in [1.54, 1.807) is 6.92 Å². The SMILES string of the molecule is CCCCC[Si](N)(N)CCC(F)(F)C(F)(F)C(F)(F)C(F)(F)C(F)(F)C(F)(F)C(F)(F)F. The summed E-state index contributed by atoms with van der Waals surface area (Å²) in [6.45, 7) is 1.69. The maximum Gasteiger partial charge on any atom is 0.460 e. The van der Waals surface area contributed by atoms with Crippen molar-refractivity contribution in [2.45, 2.75) is 86.4 Å². The molecule has 0 bridgehead atoms. The molecule has 194 valence electrons. The molecule has 0 amide bonds. The van der Waals surface area contributed by atoms with Gasteiger partial charge < -0.3 is 10.8 Å². The highest BCUT2D eigenvalue weighted by Crippen LogP contribution is 2.62. The van der Waals surface area contributed by atoms with Gasteiger partial charge in [-0.1, -0.05) is 26.2 Å². The second-order valence-corrected chi connectivity index (χ2v) is 10.7. The normalized spacial score (nSPS) is 15.9. The Kier molecular flexibility index (Phi) is 8.77. The number of rotatable bonds is 12. The van der Waals surface area contributed by atoms with E-state index in [0.29, 0.717) is 12.8 Å². The fourth-order valence-corrected chi connectivity index (χ4v) is 4.31. The van der Waals surface area contributed by atoms with Crippen molar-refractivity contribution in [1.82, 2.24) is 0 Å². The molecule has 0 rings (SSSR count). The first-order valence-corrected chi connectivity index (χ1v) is 11.2. The first kappa shape index (κ1) is 31.1. The van der Waals surface area contributed by atoms with Gasteiger partial charge in [0.1, 0.15) is 0 Å². The summed E-state index contributed by atoms with van der Waals surface area (Å²) in [6.07, 6.45) is -8.85. The Morgan fingerprint density at radius 1 is 0.531 bits per heavy atom. The highest BCUT2D eigenvalue weighted by atomic mass is 28.3. The van der Waals surface area contributed by atoms with Crippen LogP contribution < -0.4 is 10.8 Å². The quantitative estimate of drug-likeness (QED) is 0.178. The fraction of sp³-hybridized carbons (Fsp3) is 1.00. The zero-order valence-corrected chi connectivity index (χ0v) is 17.1. The Labute approximate surface area is 172 Å². The molecule has 0 aliphatic carbocycles. The standard InChI is InChI=1S/C14H19F15N2Si/c1-2-3-4-6-32(30,31)7-5-8(15,16)9(17,18)10(19,20)11(21,22)12(23,24)13(25,26)14(27,28)29/h2-7,30-31H2,1H3. The Morgan fingerprint density at radius 3 is 1.28 bits per heavy atom. The number of nitrogens with two attached hydrogens (primary N) is 2. The van der Waals surface area contributed by atoms with Crippen molar-refractivity contribution in [3.8, 4) is 0 Å². The summed E-state index contributed by atoms with van der Waals surface area (Å²) < 4.78 is 196. The Hall–Kier alpha value is -0.913. The van der Waals surface area contributed by atoms with Crippen LogP contribution in [-0.2, 0) is 0 Å². The van der Waals surface area contributed by atoms with E-state index in [9.17, 15) is 65.9 Å². The fourth-order valence-electron chi connectivity index (χ4n) is 2.38. The van der Waals surface area contributed by atoms with Crippen molar-refractivity contribution in [1.29, 1.82) is 0 Å². The Balaban J connectivity index is 6.05. The maximum atomic E-state index is 13.8. The molecule has 0 unspecified atom stereocenters. The molecular formula is C14H19F15N2Si. The van der Waals surface area contributed by atoms with E-state index in [0.717, 1.165) is 0 Å². The molecular weight excluding hydrogens is 509 g/mol. The van der Waals surface area contributed by atoms with Gasteiger partial charge in [0.05, 0.1) is 0 Å². The van der Waals surface area contributed by atoms with Gasteiger partial charge in [0.25, 0.3) is 0 Å². The molecule has 0 aromatic heterocycles. The van der Waals surface area contributed by atoms with E-state index in [1.165, 1.54) is 0 Å². The van der Waals surface area contributed by atoms with Gasteiger partial charge in [-0.05, 0) is 12.1 Å². The lowest BCUT2D eigenvalue weighted by atomic mass is 9.90. The summed E-state index contributed by atoms with van der Waals surface area (Å²) in [6, 6.07) is -1.51. The molecule has 0 heterocycles. The van der Waals surface area contributed by atoms with Crippen molar-refractivity contribution in [3.63, 3.8) is 0 Å². The summed E-state index contributed by atoms with van der Waals surface area (Å²) in [7, 11) is -3.79. The van der Waals surface area contributed by atoms with E-state index in [4.69, 9.17) is 10.8 Å². The second kappa shape index (κ2) is 9.03. The lowest BCUT2D eigenvalue weighted by molar-refractivity contribution is -0.452. The van der Waals surface area contributed by atoms with Gasteiger partial charge in [-0.15, -0.1) is 0 Å². The summed E-state index contributed by atoms with van der Waals surface area (Å²) >= 11 is 0. The van der Waals surface area contributed by atoms with Crippen LogP contribution in [0.1, 0.15) is 32.6 Å². The monoisotopic (exact) mass is 528 g/mol. The van der Waals surface area contributed by atoms with Gasteiger partial charge in [0.15, 0.2) is 8.40 Å². The van der Waals surface area contributed by atoms with E-state index in [-0.39, 0.29) is 12.5 Å². The topological polar surface area (TPSA) is 52.0 Å². The zero-order chi connectivity index (χ0) is 26.2. The average Bonchev–Trinajstić information content (AvgIpc) is 2.58. The van der Waals surface area contributed by atoms with Crippen LogP contribution in [0.4, 0.5) is 65.9 Å². The van der Waals surface area contributed by atoms with Gasteiger partial charge >= 0.3 is 41.7 Å². The lowest BCUT2D eigenvalue weighted by Crippen LogP contribution is -2.72. The average molecular weight is 528 g/mol. The van der Waals surface area contributed by atoms with Crippen molar-refractivity contribution >= 4 is 8.40 Å². The van der Waals surface area contributed by atoms with Crippen LogP contribution in [0.3, 0.4) is 0 Å². The zero-order valence-electron chi connectivity index (χ0n) is 16.1. The molecule has 0 spiro atoms. The first-order valence-electron chi connectivity index (χ1n) is 8.68. The highest BCUT2D eigenvalue weighted by Gasteiger charge is 2.93. The summed E-state index contributed by atoms with van der Waals surface area (Å²) in [5.74, 6) is -46.3. The van der Waals surface area contributed by atoms with Gasteiger partial charge in [0.2, 0.25) is 0 Å². The van der Waals surface area contributed by atoms with Crippen LogP contribution in [0.2, 0.25) is 12.1 Å². The second-order valence-electron chi connectivity index (χ2n) is 7.26. The number of hydrogen-bond acceptors (Lipinski definition) is 2. The highest BCUT2D eigenvalue weighted by molar-refractivity contribution is 6.73. The molecule has 0 aromatic carbocycles. The van der Waals surface area contributed by atoms with E-state index >= 15 is 0 Å². The van der Waals surface area contributed by atoms with Crippen molar-refractivity contribution in [2.24, 2.45) is 10.8 Å². The molecule has 32 heavy (non-hydrogen) atoms. The minimum atomic E-state index is -8.27. The molecule has 4 N–H and O–H groups in total. The molecule has 0 fully saturated rings. The van der Waals surface area contributed by atoms with Crippen molar-refractivity contribution in [2.75, 3.05) is 0 Å². The smallest absolute Gasteiger partial charge is 0.339 e. The largest absolute Gasteiger partial charge is 0.460 e. The van der Waals surface area contributed by atoms with E-state index < -0.39 is 62.6 Å². The number of unbranched alkanes of at least 4 members (excludes halogenated alkanes) is 2. The molecule has 0 radical (unpaired) electrons. The summed E-state index contributed by atoms with van der Waals surface area (Å²) in [5, 5.41) is 10.9. The van der Waals surface area contributed by atoms with Crippen LogP contribution in [0.15, 0.2) is 0 Å². The van der Waals surface area contributed by atoms with Crippen LogP contribution in [0.5, 0.6) is 0 Å². The molecule has 0 atom stereocenters. The molecule has 0 saturated heterocycles. The van der Waals surface area contributed by atoms with Crippen LogP contribution >= 0.6 is 0 Å². The van der Waals surface area contributed by atoms with Crippen LogP contribution in [-0.4, -0.2) is 50.1 Å². The van der Waals surface area contributed by atoms with Crippen molar-refractivity contribution < 1.29 is 65.9 Å². The third-order valence-electron chi connectivity index (χ3n) is 4.54. The van der Waals surface area contributed by atoms with E-state index in [2.05, 4.69) is 0 Å². The van der Waals surface area contributed by atoms with Gasteiger partial charge in [-0.2, -0.15) is 65.9 Å². The van der Waals surface area contributed by atoms with Gasteiger partial charge in [-0.3, -0.25) is 0 Å². The van der Waals surface area contributed by atoms with Crippen LogP contribution in [0.25, 0.3) is 0 Å². The molecule has 0 aliphatic rings. The third kappa shape index (κ3) is 5.25. The minimum Gasteiger partial charge on any atom is -0.339 e. The molecule has 2 nitrogen and oxygen atoms in total. The number of alkyl halides is 15. The predicted octanol–water partition coefficient (Wildman–Crippen LogP) is 6.30. The van der Waals surface area contributed by atoms with Gasteiger partial charge in [-0.25, -0.2) is 0 Å².